The summed E-state index contributed by atoms with van der Waals surface area (Å²) in [6.45, 7) is 10.3. The van der Waals surface area contributed by atoms with Crippen molar-refractivity contribution in [3.05, 3.63) is 41.6 Å². The Balaban J connectivity index is 1.58. The molecule has 1 unspecified atom stereocenters. The van der Waals surface area contributed by atoms with Gasteiger partial charge in [-0.15, -0.1) is 5.10 Å². The highest BCUT2D eigenvalue weighted by molar-refractivity contribution is 7.99. The summed E-state index contributed by atoms with van der Waals surface area (Å²) in [6, 6.07) is 5.78. The van der Waals surface area contributed by atoms with Crippen LogP contribution >= 0.6 is 11.8 Å². The summed E-state index contributed by atoms with van der Waals surface area (Å²) in [6.07, 6.45) is 1.66. The van der Waals surface area contributed by atoms with Crippen LogP contribution in [0, 0.1) is 13.8 Å². The molecule has 1 amide bonds. The molecule has 0 fully saturated rings. The zero-order valence-electron chi connectivity index (χ0n) is 16.7. The summed E-state index contributed by atoms with van der Waals surface area (Å²) in [5, 5.41) is 7.97. The van der Waals surface area contributed by atoms with Crippen molar-refractivity contribution >= 4 is 23.4 Å². The number of thioether (sulfide) groups is 1. The largest absolute Gasteiger partial charge is 0.468 e. The first kappa shape index (κ1) is 20.3. The van der Waals surface area contributed by atoms with Gasteiger partial charge in [0.1, 0.15) is 5.76 Å². The third-order valence-corrected chi connectivity index (χ3v) is 5.39. The van der Waals surface area contributed by atoms with E-state index in [9.17, 15) is 4.79 Å². The van der Waals surface area contributed by atoms with E-state index < -0.39 is 0 Å². The second-order valence-electron chi connectivity index (χ2n) is 6.49. The fourth-order valence-corrected chi connectivity index (χ4v) is 3.80. The molecule has 28 heavy (non-hydrogen) atoms. The quantitative estimate of drug-likeness (QED) is 0.550. The highest BCUT2D eigenvalue weighted by Gasteiger charge is 2.21. The van der Waals surface area contributed by atoms with Gasteiger partial charge in [-0.25, -0.2) is 9.50 Å². The molecule has 0 bridgehead atoms. The highest BCUT2D eigenvalue weighted by Crippen LogP contribution is 2.20. The number of rotatable bonds is 9. The lowest BCUT2D eigenvalue weighted by atomic mass is 10.2. The molecule has 0 radical (unpaired) electrons. The van der Waals surface area contributed by atoms with E-state index in [1.165, 1.54) is 11.8 Å². The second-order valence-corrected chi connectivity index (χ2v) is 7.43. The second kappa shape index (κ2) is 9.20. The Morgan fingerprint density at radius 1 is 1.32 bits per heavy atom. The zero-order valence-corrected chi connectivity index (χ0v) is 17.5. The smallest absolute Gasteiger partial charge is 0.253 e. The van der Waals surface area contributed by atoms with E-state index in [-0.39, 0.29) is 17.7 Å². The Labute approximate surface area is 168 Å². The Hall–Kier alpha value is -2.39. The van der Waals surface area contributed by atoms with E-state index in [2.05, 4.69) is 39.1 Å². The standard InChI is InChI=1S/C19H26N6O2S/c1-5-24(6-2)15(16-8-7-9-27-16)11-20-17(26)12-28-19-22-18-21-13(3)10-14(4)25(18)23-19/h7-10,15H,5-6,11-12H2,1-4H3,(H,20,26). The van der Waals surface area contributed by atoms with Crippen LogP contribution in [0.1, 0.15) is 37.0 Å². The minimum Gasteiger partial charge on any atom is -0.468 e. The summed E-state index contributed by atoms with van der Waals surface area (Å²) in [5.41, 5.74) is 1.86. The first-order chi connectivity index (χ1) is 13.5. The molecule has 3 aromatic heterocycles. The number of furan rings is 1. The summed E-state index contributed by atoms with van der Waals surface area (Å²) >= 11 is 1.31. The van der Waals surface area contributed by atoms with Gasteiger partial charge in [0, 0.05) is 17.9 Å². The topological polar surface area (TPSA) is 88.6 Å². The van der Waals surface area contributed by atoms with Crippen molar-refractivity contribution in [3.63, 3.8) is 0 Å². The number of aryl methyl sites for hydroxylation is 2. The van der Waals surface area contributed by atoms with Crippen molar-refractivity contribution in [3.8, 4) is 0 Å². The van der Waals surface area contributed by atoms with Gasteiger partial charge in [-0.2, -0.15) is 4.98 Å². The number of fused-ring (bicyclic) bond motifs is 1. The number of aromatic nitrogens is 4. The summed E-state index contributed by atoms with van der Waals surface area (Å²) in [4.78, 5) is 23.4. The number of carbonyl (C=O) groups excluding carboxylic acids is 1. The van der Waals surface area contributed by atoms with E-state index in [1.54, 1.807) is 10.8 Å². The monoisotopic (exact) mass is 402 g/mol. The van der Waals surface area contributed by atoms with Crippen LogP contribution in [-0.2, 0) is 4.79 Å². The molecule has 0 aromatic carbocycles. The van der Waals surface area contributed by atoms with Crippen LogP contribution in [0.2, 0.25) is 0 Å². The van der Waals surface area contributed by atoms with Crippen LogP contribution < -0.4 is 5.32 Å². The number of nitrogens with one attached hydrogen (secondary N) is 1. The Morgan fingerprint density at radius 2 is 2.11 bits per heavy atom. The Kier molecular flexibility index (Phi) is 6.69. The maximum Gasteiger partial charge on any atom is 0.253 e. The van der Waals surface area contributed by atoms with Crippen LogP contribution in [0.15, 0.2) is 34.0 Å². The molecule has 0 spiro atoms. The molecular weight excluding hydrogens is 376 g/mol. The Morgan fingerprint density at radius 3 is 2.79 bits per heavy atom. The normalized spacial score (nSPS) is 12.6. The van der Waals surface area contributed by atoms with E-state index in [0.717, 1.165) is 30.2 Å². The van der Waals surface area contributed by atoms with Crippen LogP contribution in [0.3, 0.4) is 0 Å². The predicted molar refractivity (Wildman–Crippen MR) is 108 cm³/mol. The highest BCUT2D eigenvalue weighted by atomic mass is 32.2. The van der Waals surface area contributed by atoms with Gasteiger partial charge < -0.3 is 9.73 Å². The minimum absolute atomic E-state index is 0.0158. The molecule has 3 aromatic rings. The number of likely N-dealkylation sites (N-methyl/N-ethyl adjacent to an activating group) is 1. The van der Waals surface area contributed by atoms with E-state index in [0.29, 0.717) is 17.5 Å². The van der Waals surface area contributed by atoms with Crippen molar-refractivity contribution in [2.75, 3.05) is 25.4 Å². The average molecular weight is 403 g/mol. The summed E-state index contributed by atoms with van der Waals surface area (Å²) in [7, 11) is 0. The van der Waals surface area contributed by atoms with Crippen molar-refractivity contribution in [1.82, 2.24) is 29.8 Å². The molecule has 1 N–H and O–H groups in total. The molecule has 3 heterocycles. The Bertz CT molecular complexity index is 920. The third-order valence-electron chi connectivity index (χ3n) is 4.55. The minimum atomic E-state index is -0.0616. The van der Waals surface area contributed by atoms with Crippen molar-refractivity contribution < 1.29 is 9.21 Å². The lowest BCUT2D eigenvalue weighted by Crippen LogP contribution is -2.38. The molecule has 0 saturated heterocycles. The third kappa shape index (κ3) is 4.71. The molecule has 8 nitrogen and oxygen atoms in total. The number of carbonyl (C=O) groups is 1. The van der Waals surface area contributed by atoms with E-state index >= 15 is 0 Å². The van der Waals surface area contributed by atoms with E-state index in [4.69, 9.17) is 4.42 Å². The van der Waals surface area contributed by atoms with Crippen molar-refractivity contribution in [1.29, 1.82) is 0 Å². The lowest BCUT2D eigenvalue weighted by molar-refractivity contribution is -0.118. The molecule has 150 valence electrons. The number of nitrogens with zero attached hydrogens (tertiary/aromatic N) is 5. The summed E-state index contributed by atoms with van der Waals surface area (Å²) < 4.78 is 7.26. The first-order valence-electron chi connectivity index (χ1n) is 9.39. The SMILES string of the molecule is CCN(CC)C(CNC(=O)CSc1nc2nc(C)cc(C)n2n1)c1ccco1. The van der Waals surface area contributed by atoms with Gasteiger partial charge in [0.05, 0.1) is 18.1 Å². The molecule has 1 atom stereocenters. The van der Waals surface area contributed by atoms with Crippen molar-refractivity contribution in [2.45, 2.75) is 38.9 Å². The first-order valence-corrected chi connectivity index (χ1v) is 10.4. The van der Waals surface area contributed by atoms with Gasteiger partial charge in [0.15, 0.2) is 0 Å². The molecule has 9 heteroatoms. The number of hydrogen-bond acceptors (Lipinski definition) is 7. The van der Waals surface area contributed by atoms with Gasteiger partial charge >= 0.3 is 0 Å². The van der Waals surface area contributed by atoms with Gasteiger partial charge in [-0.3, -0.25) is 9.69 Å². The fourth-order valence-electron chi connectivity index (χ4n) is 3.16. The van der Waals surface area contributed by atoms with Gasteiger partial charge in [-0.1, -0.05) is 25.6 Å². The van der Waals surface area contributed by atoms with E-state index in [1.807, 2.05) is 32.0 Å². The van der Waals surface area contributed by atoms with Crippen LogP contribution in [0.4, 0.5) is 0 Å². The van der Waals surface area contributed by atoms with Gasteiger partial charge in [0.25, 0.3) is 5.78 Å². The predicted octanol–water partition coefficient (Wildman–Crippen LogP) is 2.63. The van der Waals surface area contributed by atoms with Crippen LogP contribution in [0.25, 0.3) is 5.78 Å². The van der Waals surface area contributed by atoms with Gasteiger partial charge in [0.2, 0.25) is 11.1 Å². The van der Waals surface area contributed by atoms with Crippen LogP contribution in [0.5, 0.6) is 0 Å². The molecule has 3 rings (SSSR count). The number of hydrogen-bond donors (Lipinski definition) is 1. The molecule has 0 aliphatic carbocycles. The zero-order chi connectivity index (χ0) is 20.1. The number of amides is 1. The molecule has 0 saturated carbocycles. The molecular formula is C19H26N6O2S. The van der Waals surface area contributed by atoms with Crippen molar-refractivity contribution in [2.24, 2.45) is 0 Å². The summed E-state index contributed by atoms with van der Waals surface area (Å²) in [5.74, 6) is 1.60. The molecule has 0 aliphatic heterocycles. The fraction of sp³-hybridized carbons (Fsp3) is 0.474. The van der Waals surface area contributed by atoms with Gasteiger partial charge in [-0.05, 0) is 45.1 Å². The average Bonchev–Trinajstić information content (AvgIpc) is 3.33. The maximum absolute atomic E-state index is 12.4. The lowest BCUT2D eigenvalue weighted by Gasteiger charge is -2.28. The maximum atomic E-state index is 12.4. The molecule has 0 aliphatic rings. The van der Waals surface area contributed by atoms with Crippen LogP contribution in [-0.4, -0.2) is 55.8 Å².